The smallest absolute Gasteiger partial charge is 0.325 e. The number of pyridine rings is 1. The van der Waals surface area contributed by atoms with Gasteiger partial charge in [-0.05, 0) is 25.5 Å². The lowest BCUT2D eigenvalue weighted by molar-refractivity contribution is 0.273. The highest BCUT2D eigenvalue weighted by Crippen LogP contribution is 2.34. The summed E-state index contributed by atoms with van der Waals surface area (Å²) in [5.41, 5.74) is 1.55. The van der Waals surface area contributed by atoms with Crippen LogP contribution in [-0.4, -0.2) is 37.7 Å². The lowest BCUT2D eigenvalue weighted by Gasteiger charge is -2.11. The maximum Gasteiger partial charge on any atom is 0.325 e. The molecule has 0 saturated carbocycles. The molecule has 1 aromatic rings. The Balaban J connectivity index is 2.50. The second kappa shape index (κ2) is 6.98. The molecule has 0 radical (unpaired) electrons. The van der Waals surface area contributed by atoms with Crippen LogP contribution in [0, 0.1) is 6.92 Å². The number of rotatable bonds is 7. The highest BCUT2D eigenvalue weighted by Gasteiger charge is 2.12. The zero-order valence-electron chi connectivity index (χ0n) is 10.7. The van der Waals surface area contributed by atoms with Crippen LogP contribution in [0.3, 0.4) is 0 Å². The van der Waals surface area contributed by atoms with E-state index in [0.29, 0.717) is 36.3 Å². The van der Waals surface area contributed by atoms with E-state index >= 15 is 0 Å². The number of nitrogens with zero attached hydrogens (tertiary/aromatic N) is 1. The van der Waals surface area contributed by atoms with Gasteiger partial charge in [-0.2, -0.15) is 0 Å². The predicted octanol–water partition coefficient (Wildman–Crippen LogP) is 0.245. The Morgan fingerprint density at radius 1 is 1.42 bits per heavy atom. The molecule has 1 rings (SSSR count). The van der Waals surface area contributed by atoms with Gasteiger partial charge >= 0.3 is 7.60 Å². The van der Waals surface area contributed by atoms with Crippen molar-refractivity contribution in [1.29, 1.82) is 0 Å². The molecule has 1 heterocycles. The molecule has 5 N–H and O–H groups in total. The summed E-state index contributed by atoms with van der Waals surface area (Å²) in [5.74, 6) is -0.0167. The van der Waals surface area contributed by atoms with Gasteiger partial charge in [-0.3, -0.25) is 9.55 Å². The molecule has 0 aliphatic carbocycles. The van der Waals surface area contributed by atoms with Crippen molar-refractivity contribution in [3.63, 3.8) is 0 Å². The van der Waals surface area contributed by atoms with E-state index in [9.17, 15) is 14.8 Å². The summed E-state index contributed by atoms with van der Waals surface area (Å²) in [5, 5.41) is 21.9. The van der Waals surface area contributed by atoms with Crippen LogP contribution >= 0.6 is 7.60 Å². The van der Waals surface area contributed by atoms with Gasteiger partial charge in [0.15, 0.2) is 0 Å². The van der Waals surface area contributed by atoms with Crippen LogP contribution in [-0.2, 0) is 17.7 Å². The average Bonchev–Trinajstić information content (AvgIpc) is 2.32. The van der Waals surface area contributed by atoms with E-state index < -0.39 is 7.60 Å². The molecule has 7 nitrogen and oxygen atoms in total. The second-order valence-electron chi connectivity index (χ2n) is 4.27. The fourth-order valence-electron chi connectivity index (χ4n) is 1.65. The van der Waals surface area contributed by atoms with E-state index in [0.717, 1.165) is 0 Å². The predicted molar refractivity (Wildman–Crippen MR) is 69.8 cm³/mol. The number of aliphatic hydroxyl groups excluding tert-OH is 1. The Hall–Kier alpha value is -0.980. The summed E-state index contributed by atoms with van der Waals surface area (Å²) >= 11 is 0. The van der Waals surface area contributed by atoms with Gasteiger partial charge in [0.1, 0.15) is 5.75 Å². The number of nitrogens with one attached hydrogen (secondary N) is 1. The lowest BCUT2D eigenvalue weighted by atomic mass is 10.1. The molecule has 0 saturated heterocycles. The number of aromatic hydroxyl groups is 1. The Morgan fingerprint density at radius 2 is 2.11 bits per heavy atom. The first-order chi connectivity index (χ1) is 8.85. The zero-order chi connectivity index (χ0) is 14.5. The van der Waals surface area contributed by atoms with Gasteiger partial charge in [-0.1, -0.05) is 0 Å². The third kappa shape index (κ3) is 5.26. The molecular formula is C11H19N2O5P. The largest absolute Gasteiger partial charge is 0.506 e. The summed E-state index contributed by atoms with van der Waals surface area (Å²) in [6.45, 7) is 2.17. The minimum absolute atomic E-state index is 0.0167. The molecule has 0 aliphatic heterocycles. The summed E-state index contributed by atoms with van der Waals surface area (Å²) in [7, 11) is -3.94. The topological polar surface area (TPSA) is 123 Å². The van der Waals surface area contributed by atoms with Crippen LogP contribution < -0.4 is 5.32 Å². The van der Waals surface area contributed by atoms with E-state index in [1.807, 2.05) is 0 Å². The molecule has 0 aromatic carbocycles. The van der Waals surface area contributed by atoms with E-state index in [2.05, 4.69) is 10.3 Å². The highest BCUT2D eigenvalue weighted by atomic mass is 31.2. The molecule has 0 atom stereocenters. The van der Waals surface area contributed by atoms with Crippen LogP contribution in [0.2, 0.25) is 0 Å². The van der Waals surface area contributed by atoms with Crippen molar-refractivity contribution in [2.24, 2.45) is 0 Å². The maximum absolute atomic E-state index is 10.6. The maximum atomic E-state index is 10.6. The average molecular weight is 290 g/mol. The van der Waals surface area contributed by atoms with Gasteiger partial charge in [0.05, 0.1) is 18.5 Å². The molecule has 0 bridgehead atoms. The van der Waals surface area contributed by atoms with Gasteiger partial charge in [-0.25, -0.2) is 0 Å². The Labute approximate surface area is 111 Å². The Morgan fingerprint density at radius 3 is 2.68 bits per heavy atom. The first kappa shape index (κ1) is 16.1. The van der Waals surface area contributed by atoms with Gasteiger partial charge in [0, 0.05) is 18.3 Å². The van der Waals surface area contributed by atoms with Crippen molar-refractivity contribution in [2.45, 2.75) is 26.5 Å². The summed E-state index contributed by atoms with van der Waals surface area (Å²) < 4.78 is 10.6. The van der Waals surface area contributed by atoms with Crippen molar-refractivity contribution in [3.05, 3.63) is 23.0 Å². The molecule has 0 unspecified atom stereocenters. The summed E-state index contributed by atoms with van der Waals surface area (Å²) in [4.78, 5) is 21.4. The van der Waals surface area contributed by atoms with E-state index in [-0.39, 0.29) is 18.5 Å². The molecule has 1 aromatic heterocycles. The number of hydrogen-bond donors (Lipinski definition) is 5. The van der Waals surface area contributed by atoms with Gasteiger partial charge in [-0.15, -0.1) is 0 Å². The van der Waals surface area contributed by atoms with Crippen LogP contribution in [0.15, 0.2) is 6.20 Å². The molecular weight excluding hydrogens is 271 g/mol. The summed E-state index contributed by atoms with van der Waals surface area (Å²) in [6.07, 6.45) is 1.75. The fourth-order valence-corrected chi connectivity index (χ4v) is 2.22. The standard InChI is InChI=1S/C11H19N2O5P/c1-8-11(15)10(7-14)9(6-13-8)5-12-3-2-4-19(16,17)18/h6,12,14-15H,2-5,7H2,1H3,(H2,16,17,18). The number of aliphatic hydroxyl groups is 1. The highest BCUT2D eigenvalue weighted by molar-refractivity contribution is 7.51. The minimum atomic E-state index is -3.94. The first-order valence-corrected chi connectivity index (χ1v) is 7.67. The Bertz CT molecular complexity index is 474. The quantitative estimate of drug-likeness (QED) is 0.360. The van der Waals surface area contributed by atoms with E-state index in [1.165, 1.54) is 0 Å². The third-order valence-corrected chi connectivity index (χ3v) is 3.61. The zero-order valence-corrected chi connectivity index (χ0v) is 11.6. The van der Waals surface area contributed by atoms with Gasteiger partial charge in [0.25, 0.3) is 0 Å². The van der Waals surface area contributed by atoms with Crippen molar-refractivity contribution in [2.75, 3.05) is 12.7 Å². The molecule has 8 heteroatoms. The van der Waals surface area contributed by atoms with Crippen LogP contribution in [0.1, 0.15) is 23.2 Å². The second-order valence-corrected chi connectivity index (χ2v) is 6.05. The summed E-state index contributed by atoms with van der Waals surface area (Å²) in [6, 6.07) is 0. The van der Waals surface area contributed by atoms with Gasteiger partial charge in [0.2, 0.25) is 0 Å². The minimum Gasteiger partial charge on any atom is -0.506 e. The fraction of sp³-hybridized carbons (Fsp3) is 0.545. The van der Waals surface area contributed by atoms with E-state index in [1.54, 1.807) is 13.1 Å². The van der Waals surface area contributed by atoms with Crippen molar-refractivity contribution in [3.8, 4) is 5.75 Å². The normalized spacial score (nSPS) is 11.8. The first-order valence-electron chi connectivity index (χ1n) is 5.87. The molecule has 0 fully saturated rings. The van der Waals surface area contributed by atoms with Crippen LogP contribution in [0.5, 0.6) is 5.75 Å². The number of aryl methyl sites for hydroxylation is 1. The van der Waals surface area contributed by atoms with Crippen molar-refractivity contribution < 1.29 is 24.6 Å². The third-order valence-electron chi connectivity index (χ3n) is 2.71. The lowest BCUT2D eigenvalue weighted by Crippen LogP contribution is -2.17. The molecule has 108 valence electrons. The number of aromatic nitrogens is 1. The molecule has 0 spiro atoms. The number of hydrogen-bond acceptors (Lipinski definition) is 5. The van der Waals surface area contributed by atoms with Crippen molar-refractivity contribution >= 4 is 7.60 Å². The van der Waals surface area contributed by atoms with Crippen molar-refractivity contribution in [1.82, 2.24) is 10.3 Å². The molecule has 0 amide bonds. The van der Waals surface area contributed by atoms with Crippen LogP contribution in [0.4, 0.5) is 0 Å². The SMILES string of the molecule is Cc1ncc(CNCCCP(=O)(O)O)c(CO)c1O. The molecule has 0 aliphatic rings. The molecule has 19 heavy (non-hydrogen) atoms. The van der Waals surface area contributed by atoms with E-state index in [4.69, 9.17) is 9.79 Å². The van der Waals surface area contributed by atoms with Crippen LogP contribution in [0.25, 0.3) is 0 Å². The monoisotopic (exact) mass is 290 g/mol. The van der Waals surface area contributed by atoms with Gasteiger partial charge < -0.3 is 25.3 Å². The Kier molecular flexibility index (Phi) is 5.90.